The van der Waals surface area contributed by atoms with Crippen molar-refractivity contribution in [1.29, 1.82) is 0 Å². The van der Waals surface area contributed by atoms with Crippen LogP contribution in [-0.4, -0.2) is 42.3 Å². The Morgan fingerprint density at radius 2 is 1.62 bits per heavy atom. The predicted octanol–water partition coefficient (Wildman–Crippen LogP) is 1.96. The van der Waals surface area contributed by atoms with Crippen molar-refractivity contribution in [3.05, 3.63) is 35.9 Å². The number of aromatic carboxylic acids is 1. The number of carboxylic acids is 1. The molecule has 0 aliphatic heterocycles. The molecule has 0 fully saturated rings. The number of hydrogen-bond acceptors (Lipinski definition) is 6. The number of anilines is 2. The third-order valence-electron chi connectivity index (χ3n) is 2.89. The highest BCUT2D eigenvalue weighted by molar-refractivity contribution is 5.88. The first kappa shape index (κ1) is 14.6. The first-order chi connectivity index (χ1) is 10.0. The lowest BCUT2D eigenvalue weighted by atomic mass is 10.2. The van der Waals surface area contributed by atoms with E-state index in [9.17, 15) is 4.79 Å². The standard InChI is InChI=1S/C14H15N3O4/c1-17(10-6-4-9(5-7-10)13(18)19)14-15-11(20-2)8-12(16-14)21-3/h4-8H,1-3H3,(H,18,19). The third kappa shape index (κ3) is 3.19. The van der Waals surface area contributed by atoms with Crippen molar-refractivity contribution in [3.8, 4) is 11.8 Å². The van der Waals surface area contributed by atoms with Gasteiger partial charge in [-0.2, -0.15) is 9.97 Å². The molecule has 1 heterocycles. The first-order valence-electron chi connectivity index (χ1n) is 6.09. The van der Waals surface area contributed by atoms with E-state index >= 15 is 0 Å². The lowest BCUT2D eigenvalue weighted by Crippen LogP contribution is -2.14. The highest BCUT2D eigenvalue weighted by Crippen LogP contribution is 2.25. The number of carbonyl (C=O) groups is 1. The average Bonchev–Trinajstić information content (AvgIpc) is 2.53. The number of carboxylic acid groups (broad SMARTS) is 1. The van der Waals surface area contributed by atoms with Gasteiger partial charge in [-0.15, -0.1) is 0 Å². The van der Waals surface area contributed by atoms with Crippen LogP contribution in [0.3, 0.4) is 0 Å². The summed E-state index contributed by atoms with van der Waals surface area (Å²) in [6, 6.07) is 7.97. The minimum atomic E-state index is -0.969. The monoisotopic (exact) mass is 289 g/mol. The van der Waals surface area contributed by atoms with Crippen molar-refractivity contribution in [2.24, 2.45) is 0 Å². The summed E-state index contributed by atoms with van der Waals surface area (Å²) in [5, 5.41) is 8.90. The van der Waals surface area contributed by atoms with E-state index in [0.717, 1.165) is 5.69 Å². The van der Waals surface area contributed by atoms with Gasteiger partial charge in [-0.25, -0.2) is 4.79 Å². The third-order valence-corrected chi connectivity index (χ3v) is 2.89. The predicted molar refractivity (Wildman–Crippen MR) is 76.6 cm³/mol. The average molecular weight is 289 g/mol. The minimum Gasteiger partial charge on any atom is -0.481 e. The van der Waals surface area contributed by atoms with Gasteiger partial charge in [0.15, 0.2) is 0 Å². The quantitative estimate of drug-likeness (QED) is 0.900. The van der Waals surface area contributed by atoms with Crippen molar-refractivity contribution < 1.29 is 19.4 Å². The molecule has 0 saturated heterocycles. The molecule has 0 bridgehead atoms. The van der Waals surface area contributed by atoms with Crippen molar-refractivity contribution in [3.63, 3.8) is 0 Å². The lowest BCUT2D eigenvalue weighted by molar-refractivity contribution is 0.0697. The van der Waals surface area contributed by atoms with Gasteiger partial charge in [0.1, 0.15) is 0 Å². The number of benzene rings is 1. The molecule has 0 aliphatic rings. The number of ether oxygens (including phenoxy) is 2. The molecule has 0 spiro atoms. The van der Waals surface area contributed by atoms with Crippen molar-refractivity contribution >= 4 is 17.6 Å². The Hall–Kier alpha value is -2.83. The molecule has 0 radical (unpaired) electrons. The molecule has 0 unspecified atom stereocenters. The normalized spacial score (nSPS) is 10.0. The molecule has 110 valence electrons. The fraction of sp³-hybridized carbons (Fsp3) is 0.214. The van der Waals surface area contributed by atoms with Gasteiger partial charge in [0.25, 0.3) is 0 Å². The van der Waals surface area contributed by atoms with Crippen LogP contribution in [0.5, 0.6) is 11.8 Å². The molecule has 1 N–H and O–H groups in total. The smallest absolute Gasteiger partial charge is 0.335 e. The second-order valence-electron chi connectivity index (χ2n) is 4.16. The van der Waals surface area contributed by atoms with Crippen molar-refractivity contribution in [2.45, 2.75) is 0 Å². The van der Waals surface area contributed by atoms with Crippen LogP contribution in [-0.2, 0) is 0 Å². The summed E-state index contributed by atoms with van der Waals surface area (Å²) in [7, 11) is 4.78. The fourth-order valence-electron chi connectivity index (χ4n) is 1.69. The van der Waals surface area contributed by atoms with E-state index in [1.54, 1.807) is 30.1 Å². The van der Waals surface area contributed by atoms with E-state index in [4.69, 9.17) is 14.6 Å². The molecular weight excluding hydrogens is 274 g/mol. The van der Waals surface area contributed by atoms with E-state index in [0.29, 0.717) is 17.7 Å². The van der Waals surface area contributed by atoms with E-state index < -0.39 is 5.97 Å². The summed E-state index contributed by atoms with van der Waals surface area (Å²) >= 11 is 0. The van der Waals surface area contributed by atoms with E-state index in [1.807, 2.05) is 0 Å². The van der Waals surface area contributed by atoms with E-state index in [2.05, 4.69) is 9.97 Å². The van der Waals surface area contributed by atoms with Crippen LogP contribution in [0.4, 0.5) is 11.6 Å². The van der Waals surface area contributed by atoms with Crippen LogP contribution >= 0.6 is 0 Å². The highest BCUT2D eigenvalue weighted by Gasteiger charge is 2.12. The Morgan fingerprint density at radius 1 is 1.10 bits per heavy atom. The van der Waals surface area contributed by atoms with Gasteiger partial charge in [-0.3, -0.25) is 0 Å². The molecule has 0 amide bonds. The van der Waals surface area contributed by atoms with Crippen LogP contribution < -0.4 is 14.4 Å². The molecule has 0 aliphatic carbocycles. The maximum Gasteiger partial charge on any atom is 0.335 e. The van der Waals surface area contributed by atoms with Crippen molar-refractivity contribution in [1.82, 2.24) is 9.97 Å². The summed E-state index contributed by atoms with van der Waals surface area (Å²) in [4.78, 5) is 21.0. The minimum absolute atomic E-state index is 0.219. The fourth-order valence-corrected chi connectivity index (χ4v) is 1.69. The molecule has 2 aromatic rings. The van der Waals surface area contributed by atoms with Gasteiger partial charge in [0, 0.05) is 12.7 Å². The van der Waals surface area contributed by atoms with E-state index in [1.165, 1.54) is 26.4 Å². The van der Waals surface area contributed by atoms with Gasteiger partial charge in [0.05, 0.1) is 25.8 Å². The number of hydrogen-bond donors (Lipinski definition) is 1. The molecule has 2 rings (SSSR count). The zero-order valence-electron chi connectivity index (χ0n) is 11.9. The second-order valence-corrected chi connectivity index (χ2v) is 4.16. The SMILES string of the molecule is COc1cc(OC)nc(N(C)c2ccc(C(=O)O)cc2)n1. The maximum absolute atomic E-state index is 10.8. The van der Waals surface area contributed by atoms with E-state index in [-0.39, 0.29) is 5.56 Å². The zero-order chi connectivity index (χ0) is 15.4. The molecule has 0 atom stereocenters. The summed E-state index contributed by atoms with van der Waals surface area (Å²) in [5.74, 6) is 0.175. The molecule has 21 heavy (non-hydrogen) atoms. The van der Waals surface area contributed by atoms with Crippen LogP contribution in [0.15, 0.2) is 30.3 Å². The number of methoxy groups -OCH3 is 2. The topological polar surface area (TPSA) is 84.8 Å². The van der Waals surface area contributed by atoms with Gasteiger partial charge in [-0.1, -0.05) is 0 Å². The Labute approximate surface area is 121 Å². The molecule has 7 heteroatoms. The molecule has 7 nitrogen and oxygen atoms in total. The van der Waals surface area contributed by atoms with Crippen molar-refractivity contribution in [2.75, 3.05) is 26.2 Å². The summed E-state index contributed by atoms with van der Waals surface area (Å²) in [5.41, 5.74) is 0.964. The second kappa shape index (κ2) is 6.08. The lowest BCUT2D eigenvalue weighted by Gasteiger charge is -2.18. The molecule has 1 aromatic heterocycles. The largest absolute Gasteiger partial charge is 0.481 e. The maximum atomic E-state index is 10.8. The Bertz CT molecular complexity index is 621. The molecular formula is C14H15N3O4. The van der Waals surface area contributed by atoms with Gasteiger partial charge in [-0.05, 0) is 24.3 Å². The van der Waals surface area contributed by atoms with Crippen LogP contribution in [0.25, 0.3) is 0 Å². The van der Waals surface area contributed by atoms with Crippen LogP contribution in [0.2, 0.25) is 0 Å². The van der Waals surface area contributed by atoms with Gasteiger partial charge in [0.2, 0.25) is 17.7 Å². The van der Waals surface area contributed by atoms with Gasteiger partial charge < -0.3 is 19.5 Å². The Kier molecular flexibility index (Phi) is 4.22. The number of nitrogens with zero attached hydrogens (tertiary/aromatic N) is 3. The highest BCUT2D eigenvalue weighted by atomic mass is 16.5. The molecule has 1 aromatic carbocycles. The Balaban J connectivity index is 2.34. The van der Waals surface area contributed by atoms with Crippen LogP contribution in [0, 0.1) is 0 Å². The summed E-state index contributed by atoms with van der Waals surface area (Å²) in [6.07, 6.45) is 0. The number of aromatic nitrogens is 2. The summed E-state index contributed by atoms with van der Waals surface area (Å²) < 4.78 is 10.2. The summed E-state index contributed by atoms with van der Waals surface area (Å²) in [6.45, 7) is 0. The van der Waals surface area contributed by atoms with Gasteiger partial charge >= 0.3 is 5.97 Å². The molecule has 0 saturated carbocycles. The van der Waals surface area contributed by atoms with Crippen LogP contribution in [0.1, 0.15) is 10.4 Å². The Morgan fingerprint density at radius 3 is 2.05 bits per heavy atom. The number of rotatable bonds is 5. The zero-order valence-corrected chi connectivity index (χ0v) is 11.9. The first-order valence-corrected chi connectivity index (χ1v) is 6.09.